The molecular weight excluding hydrogens is 256 g/mol. The number of amides is 1. The Morgan fingerprint density at radius 1 is 1.35 bits per heavy atom. The van der Waals surface area contributed by atoms with Gasteiger partial charge < -0.3 is 10.1 Å². The minimum absolute atomic E-state index is 0.000289. The SMILES string of the molecule is COC(=O)[C@@H]1C[C@H](NC(C)=O)CN1Cc1ccccc1. The van der Waals surface area contributed by atoms with Gasteiger partial charge in [0.25, 0.3) is 0 Å². The van der Waals surface area contributed by atoms with Crippen molar-refractivity contribution in [3.8, 4) is 0 Å². The average molecular weight is 276 g/mol. The summed E-state index contributed by atoms with van der Waals surface area (Å²) >= 11 is 0. The van der Waals surface area contributed by atoms with Crippen LogP contribution in [0.4, 0.5) is 0 Å². The van der Waals surface area contributed by atoms with Gasteiger partial charge in [-0.25, -0.2) is 0 Å². The summed E-state index contributed by atoms with van der Waals surface area (Å²) in [7, 11) is 1.40. The Labute approximate surface area is 118 Å². The first kappa shape index (κ1) is 14.5. The van der Waals surface area contributed by atoms with Crippen LogP contribution in [0.1, 0.15) is 18.9 Å². The number of rotatable bonds is 4. The van der Waals surface area contributed by atoms with Crippen LogP contribution in [-0.2, 0) is 20.9 Å². The number of nitrogens with zero attached hydrogens (tertiary/aromatic N) is 1. The molecule has 1 amide bonds. The summed E-state index contributed by atoms with van der Waals surface area (Å²) in [6.07, 6.45) is 0.596. The predicted octanol–water partition coefficient (Wildman–Crippen LogP) is 0.939. The average Bonchev–Trinajstić information content (AvgIpc) is 2.80. The number of carbonyl (C=O) groups excluding carboxylic acids is 2. The summed E-state index contributed by atoms with van der Waals surface area (Å²) in [5, 5.41) is 2.88. The highest BCUT2D eigenvalue weighted by molar-refractivity contribution is 5.77. The van der Waals surface area contributed by atoms with Crippen LogP contribution < -0.4 is 5.32 Å². The Kier molecular flexibility index (Phi) is 4.74. The Morgan fingerprint density at radius 2 is 2.05 bits per heavy atom. The van der Waals surface area contributed by atoms with Crippen LogP contribution >= 0.6 is 0 Å². The fraction of sp³-hybridized carbons (Fsp3) is 0.467. The Morgan fingerprint density at radius 3 is 2.65 bits per heavy atom. The first-order valence-corrected chi connectivity index (χ1v) is 6.73. The molecule has 108 valence electrons. The zero-order valence-electron chi connectivity index (χ0n) is 11.8. The van der Waals surface area contributed by atoms with Crippen LogP contribution in [0.2, 0.25) is 0 Å². The van der Waals surface area contributed by atoms with Gasteiger partial charge >= 0.3 is 5.97 Å². The van der Waals surface area contributed by atoms with Crippen molar-refractivity contribution in [1.29, 1.82) is 0 Å². The second kappa shape index (κ2) is 6.52. The molecule has 1 aliphatic rings. The minimum Gasteiger partial charge on any atom is -0.468 e. The number of benzene rings is 1. The molecule has 5 nitrogen and oxygen atoms in total. The molecule has 0 unspecified atom stereocenters. The third kappa shape index (κ3) is 3.57. The number of carbonyl (C=O) groups is 2. The lowest BCUT2D eigenvalue weighted by Crippen LogP contribution is -2.37. The van der Waals surface area contributed by atoms with Crippen LogP contribution in [0.5, 0.6) is 0 Å². The van der Waals surface area contributed by atoms with E-state index in [1.54, 1.807) is 0 Å². The lowest BCUT2D eigenvalue weighted by molar-refractivity contribution is -0.146. The molecule has 1 aromatic rings. The second-order valence-electron chi connectivity index (χ2n) is 5.09. The van der Waals surface area contributed by atoms with Crippen molar-refractivity contribution in [1.82, 2.24) is 10.2 Å². The number of esters is 1. The normalized spacial score (nSPS) is 22.5. The lowest BCUT2D eigenvalue weighted by Gasteiger charge is -2.22. The van der Waals surface area contributed by atoms with Crippen LogP contribution in [-0.4, -0.2) is 42.5 Å². The molecule has 0 bridgehead atoms. The van der Waals surface area contributed by atoms with Crippen LogP contribution in [0.15, 0.2) is 30.3 Å². The van der Waals surface area contributed by atoms with Gasteiger partial charge in [-0.1, -0.05) is 30.3 Å². The van der Waals surface area contributed by atoms with Gasteiger partial charge in [-0.2, -0.15) is 0 Å². The highest BCUT2D eigenvalue weighted by atomic mass is 16.5. The molecule has 0 radical (unpaired) electrons. The first-order chi connectivity index (χ1) is 9.60. The smallest absolute Gasteiger partial charge is 0.323 e. The number of nitrogens with one attached hydrogen (secondary N) is 1. The number of hydrogen-bond donors (Lipinski definition) is 1. The Balaban J connectivity index is 2.07. The van der Waals surface area contributed by atoms with Crippen molar-refractivity contribution in [2.24, 2.45) is 0 Å². The monoisotopic (exact) mass is 276 g/mol. The molecule has 5 heteroatoms. The van der Waals surface area contributed by atoms with Gasteiger partial charge in [0.1, 0.15) is 6.04 Å². The van der Waals surface area contributed by atoms with Gasteiger partial charge in [0.05, 0.1) is 7.11 Å². The molecule has 2 atom stereocenters. The Bertz CT molecular complexity index is 475. The minimum atomic E-state index is -0.294. The van der Waals surface area contributed by atoms with Crippen molar-refractivity contribution < 1.29 is 14.3 Å². The quantitative estimate of drug-likeness (QED) is 0.832. The molecule has 20 heavy (non-hydrogen) atoms. The summed E-state index contributed by atoms with van der Waals surface area (Å²) in [5.41, 5.74) is 1.14. The standard InChI is InChI=1S/C15H20N2O3/c1-11(18)16-13-8-14(15(19)20-2)17(10-13)9-12-6-4-3-5-7-12/h3-7,13-14H,8-10H2,1-2H3,(H,16,18)/t13-,14-/m0/s1. The third-order valence-corrected chi connectivity index (χ3v) is 3.51. The Hall–Kier alpha value is -1.88. The lowest BCUT2D eigenvalue weighted by atomic mass is 10.1. The maximum absolute atomic E-state index is 11.9. The number of hydrogen-bond acceptors (Lipinski definition) is 4. The molecule has 1 aliphatic heterocycles. The molecule has 1 aromatic carbocycles. The van der Waals surface area contributed by atoms with Crippen molar-refractivity contribution >= 4 is 11.9 Å². The van der Waals surface area contributed by atoms with Crippen LogP contribution in [0.3, 0.4) is 0 Å². The van der Waals surface area contributed by atoms with Gasteiger partial charge in [0, 0.05) is 26.1 Å². The highest BCUT2D eigenvalue weighted by Crippen LogP contribution is 2.21. The molecule has 0 saturated carbocycles. The summed E-state index contributed by atoms with van der Waals surface area (Å²) < 4.78 is 4.86. The predicted molar refractivity (Wildman–Crippen MR) is 74.9 cm³/mol. The molecule has 0 spiro atoms. The zero-order chi connectivity index (χ0) is 14.5. The second-order valence-corrected chi connectivity index (χ2v) is 5.09. The van der Waals surface area contributed by atoms with E-state index in [9.17, 15) is 9.59 Å². The maximum atomic E-state index is 11.9. The van der Waals surface area contributed by atoms with E-state index in [2.05, 4.69) is 10.2 Å². The topological polar surface area (TPSA) is 58.6 Å². The van der Waals surface area contributed by atoms with Crippen molar-refractivity contribution in [2.45, 2.75) is 32.0 Å². The van der Waals surface area contributed by atoms with E-state index < -0.39 is 0 Å². The van der Waals surface area contributed by atoms with E-state index in [0.717, 1.165) is 5.56 Å². The zero-order valence-corrected chi connectivity index (χ0v) is 11.8. The van der Waals surface area contributed by atoms with Crippen molar-refractivity contribution in [2.75, 3.05) is 13.7 Å². The molecule has 0 aliphatic carbocycles. The van der Waals surface area contributed by atoms with Crippen LogP contribution in [0, 0.1) is 0 Å². The van der Waals surface area contributed by atoms with E-state index >= 15 is 0 Å². The summed E-state index contributed by atoms with van der Waals surface area (Å²) in [4.78, 5) is 25.1. The maximum Gasteiger partial charge on any atom is 0.323 e. The highest BCUT2D eigenvalue weighted by Gasteiger charge is 2.37. The number of methoxy groups -OCH3 is 1. The molecule has 0 aromatic heterocycles. The molecular formula is C15H20N2O3. The largest absolute Gasteiger partial charge is 0.468 e. The summed E-state index contributed by atoms with van der Waals surface area (Å²) in [6.45, 7) is 2.83. The first-order valence-electron chi connectivity index (χ1n) is 6.73. The third-order valence-electron chi connectivity index (χ3n) is 3.51. The van der Waals surface area contributed by atoms with Gasteiger partial charge in [-0.05, 0) is 12.0 Å². The van der Waals surface area contributed by atoms with E-state index in [1.165, 1.54) is 14.0 Å². The van der Waals surface area contributed by atoms with E-state index in [-0.39, 0.29) is 24.0 Å². The van der Waals surface area contributed by atoms with Gasteiger partial charge in [-0.3, -0.25) is 14.5 Å². The molecule has 1 N–H and O–H groups in total. The fourth-order valence-electron chi connectivity index (χ4n) is 2.67. The van der Waals surface area contributed by atoms with Crippen LogP contribution in [0.25, 0.3) is 0 Å². The number of ether oxygens (including phenoxy) is 1. The van der Waals surface area contributed by atoms with Gasteiger partial charge in [-0.15, -0.1) is 0 Å². The van der Waals surface area contributed by atoms with Crippen molar-refractivity contribution in [3.05, 3.63) is 35.9 Å². The molecule has 1 saturated heterocycles. The molecule has 1 fully saturated rings. The fourth-order valence-corrected chi connectivity index (χ4v) is 2.67. The van der Waals surface area contributed by atoms with E-state index in [0.29, 0.717) is 19.5 Å². The molecule has 1 heterocycles. The van der Waals surface area contributed by atoms with E-state index in [4.69, 9.17) is 4.74 Å². The van der Waals surface area contributed by atoms with Crippen molar-refractivity contribution in [3.63, 3.8) is 0 Å². The van der Waals surface area contributed by atoms with Gasteiger partial charge in [0.2, 0.25) is 5.91 Å². The summed E-state index contributed by atoms with van der Waals surface area (Å²) in [5.74, 6) is -0.311. The van der Waals surface area contributed by atoms with Gasteiger partial charge in [0.15, 0.2) is 0 Å². The van der Waals surface area contributed by atoms with E-state index in [1.807, 2.05) is 30.3 Å². The number of likely N-dealkylation sites (tertiary alicyclic amines) is 1. The summed E-state index contributed by atoms with van der Waals surface area (Å²) in [6, 6.07) is 9.68. The molecule has 2 rings (SSSR count).